The second-order valence-corrected chi connectivity index (χ2v) is 8.47. The molecule has 8 heteroatoms. The Kier molecular flexibility index (Phi) is 6.47. The SMILES string of the molecule is CSc1ccc(C(CC2CCCC2)C(=O)Nc2nccs2)cc1C(F)(F)F. The quantitative estimate of drug-likeness (QED) is 0.574. The zero-order valence-corrected chi connectivity index (χ0v) is 16.5. The molecule has 1 aliphatic carbocycles. The number of benzene rings is 1. The molecule has 1 aromatic heterocycles. The zero-order chi connectivity index (χ0) is 19.4. The van der Waals surface area contributed by atoms with Crippen LogP contribution in [0, 0.1) is 5.92 Å². The Bertz CT molecular complexity index is 772. The van der Waals surface area contributed by atoms with Crippen molar-refractivity contribution >= 4 is 34.1 Å². The van der Waals surface area contributed by atoms with E-state index in [1.165, 1.54) is 17.4 Å². The molecule has 1 N–H and O–H groups in total. The first-order chi connectivity index (χ1) is 12.9. The van der Waals surface area contributed by atoms with Gasteiger partial charge >= 0.3 is 6.18 Å². The van der Waals surface area contributed by atoms with E-state index in [4.69, 9.17) is 0 Å². The molecule has 1 unspecified atom stereocenters. The Hall–Kier alpha value is -1.54. The number of hydrogen-bond donors (Lipinski definition) is 1. The largest absolute Gasteiger partial charge is 0.417 e. The van der Waals surface area contributed by atoms with Crippen molar-refractivity contribution in [2.75, 3.05) is 11.6 Å². The van der Waals surface area contributed by atoms with Gasteiger partial charge in [-0.2, -0.15) is 13.2 Å². The predicted molar refractivity (Wildman–Crippen MR) is 103 cm³/mol. The van der Waals surface area contributed by atoms with Gasteiger partial charge in [-0.1, -0.05) is 31.7 Å². The maximum absolute atomic E-state index is 13.5. The molecule has 1 fully saturated rings. The van der Waals surface area contributed by atoms with Crippen molar-refractivity contribution in [3.8, 4) is 0 Å². The van der Waals surface area contributed by atoms with Crippen molar-refractivity contribution in [3.05, 3.63) is 40.9 Å². The van der Waals surface area contributed by atoms with Gasteiger partial charge in [0.1, 0.15) is 0 Å². The molecule has 3 nitrogen and oxygen atoms in total. The van der Waals surface area contributed by atoms with Gasteiger partial charge in [-0.15, -0.1) is 23.1 Å². The summed E-state index contributed by atoms with van der Waals surface area (Å²) >= 11 is 2.35. The number of hydrogen-bond acceptors (Lipinski definition) is 4. The Morgan fingerprint density at radius 1 is 1.37 bits per heavy atom. The van der Waals surface area contributed by atoms with E-state index in [0.29, 0.717) is 23.0 Å². The molecule has 1 heterocycles. The van der Waals surface area contributed by atoms with Crippen LogP contribution >= 0.6 is 23.1 Å². The molecule has 1 amide bonds. The molecule has 0 bridgehead atoms. The molecule has 27 heavy (non-hydrogen) atoms. The van der Waals surface area contributed by atoms with Gasteiger partial charge in [-0.25, -0.2) is 4.98 Å². The summed E-state index contributed by atoms with van der Waals surface area (Å²) in [7, 11) is 0. The van der Waals surface area contributed by atoms with E-state index in [0.717, 1.165) is 43.5 Å². The van der Waals surface area contributed by atoms with Gasteiger partial charge in [0.25, 0.3) is 0 Å². The fourth-order valence-electron chi connectivity index (χ4n) is 3.62. The van der Waals surface area contributed by atoms with E-state index in [1.54, 1.807) is 23.9 Å². The minimum atomic E-state index is -4.45. The van der Waals surface area contributed by atoms with Gasteiger partial charge in [-0.3, -0.25) is 4.79 Å². The third kappa shape index (κ3) is 5.04. The van der Waals surface area contributed by atoms with Gasteiger partial charge < -0.3 is 5.32 Å². The highest BCUT2D eigenvalue weighted by atomic mass is 32.2. The maximum atomic E-state index is 13.5. The van der Waals surface area contributed by atoms with Crippen LogP contribution in [0.4, 0.5) is 18.3 Å². The summed E-state index contributed by atoms with van der Waals surface area (Å²) < 4.78 is 40.4. The Morgan fingerprint density at radius 3 is 2.70 bits per heavy atom. The molecule has 2 aromatic rings. The smallest absolute Gasteiger partial charge is 0.301 e. The summed E-state index contributed by atoms with van der Waals surface area (Å²) in [4.78, 5) is 17.1. The summed E-state index contributed by atoms with van der Waals surface area (Å²) in [5.74, 6) is -0.539. The highest BCUT2D eigenvalue weighted by molar-refractivity contribution is 7.98. The second kappa shape index (κ2) is 8.65. The molecule has 1 saturated carbocycles. The van der Waals surface area contributed by atoms with Crippen molar-refractivity contribution in [2.45, 2.75) is 49.1 Å². The molecule has 0 saturated heterocycles. The summed E-state index contributed by atoms with van der Waals surface area (Å²) in [6.45, 7) is 0. The number of thiazole rings is 1. The molecular formula is C19H21F3N2OS2. The zero-order valence-electron chi connectivity index (χ0n) is 14.9. The highest BCUT2D eigenvalue weighted by Crippen LogP contribution is 2.40. The van der Waals surface area contributed by atoms with Crippen LogP contribution in [-0.4, -0.2) is 17.1 Å². The van der Waals surface area contributed by atoms with Crippen molar-refractivity contribution in [2.24, 2.45) is 5.92 Å². The number of nitrogens with zero attached hydrogens (tertiary/aromatic N) is 1. The van der Waals surface area contributed by atoms with Crippen LogP contribution in [0.2, 0.25) is 0 Å². The topological polar surface area (TPSA) is 42.0 Å². The lowest BCUT2D eigenvalue weighted by atomic mass is 9.86. The first kappa shape index (κ1) is 20.2. The van der Waals surface area contributed by atoms with Crippen LogP contribution in [0.3, 0.4) is 0 Å². The maximum Gasteiger partial charge on any atom is 0.417 e. The van der Waals surface area contributed by atoms with Crippen LogP contribution in [-0.2, 0) is 11.0 Å². The predicted octanol–water partition coefficient (Wildman–Crippen LogP) is 6.19. The van der Waals surface area contributed by atoms with Gasteiger partial charge in [0, 0.05) is 16.5 Å². The average molecular weight is 415 g/mol. The van der Waals surface area contributed by atoms with Crippen molar-refractivity contribution in [1.82, 2.24) is 4.98 Å². The molecule has 1 atom stereocenters. The summed E-state index contributed by atoms with van der Waals surface area (Å²) in [6, 6.07) is 4.27. The van der Waals surface area contributed by atoms with E-state index in [2.05, 4.69) is 10.3 Å². The minimum absolute atomic E-state index is 0.172. The number of halogens is 3. The lowest BCUT2D eigenvalue weighted by molar-refractivity contribution is -0.139. The minimum Gasteiger partial charge on any atom is -0.301 e. The fraction of sp³-hybridized carbons (Fsp3) is 0.474. The Morgan fingerprint density at radius 2 is 2.11 bits per heavy atom. The molecule has 1 aromatic carbocycles. The molecule has 3 rings (SSSR count). The summed E-state index contributed by atoms with van der Waals surface area (Å²) in [6.07, 6.45) is 3.60. The van der Waals surface area contributed by atoms with E-state index in [-0.39, 0.29) is 10.8 Å². The molecule has 0 radical (unpaired) electrons. The number of nitrogens with one attached hydrogen (secondary N) is 1. The fourth-order valence-corrected chi connectivity index (χ4v) is 4.75. The van der Waals surface area contributed by atoms with Crippen molar-refractivity contribution < 1.29 is 18.0 Å². The number of carbonyl (C=O) groups is 1. The third-order valence-electron chi connectivity index (χ3n) is 4.95. The van der Waals surface area contributed by atoms with Gasteiger partial charge in [0.2, 0.25) is 5.91 Å². The standard InChI is InChI=1S/C19H21F3N2OS2/c1-26-16-7-6-13(11-15(16)19(20,21)22)14(10-12-4-2-3-5-12)17(25)24-18-23-8-9-27-18/h6-9,11-12,14H,2-5,10H2,1H3,(H,23,24,25). The second-order valence-electron chi connectivity index (χ2n) is 6.72. The summed E-state index contributed by atoms with van der Waals surface area (Å²) in [5, 5.41) is 4.98. The molecule has 1 aliphatic rings. The van der Waals surface area contributed by atoms with E-state index >= 15 is 0 Å². The third-order valence-corrected chi connectivity index (χ3v) is 6.44. The number of alkyl halides is 3. The first-order valence-electron chi connectivity index (χ1n) is 8.84. The van der Waals surface area contributed by atoms with Crippen LogP contribution in [0.15, 0.2) is 34.7 Å². The van der Waals surface area contributed by atoms with Crippen molar-refractivity contribution in [3.63, 3.8) is 0 Å². The molecular weight excluding hydrogens is 393 g/mol. The van der Waals surface area contributed by atoms with Crippen LogP contribution in [0.1, 0.15) is 49.1 Å². The number of carbonyl (C=O) groups excluding carboxylic acids is 1. The number of aromatic nitrogens is 1. The van der Waals surface area contributed by atoms with E-state index in [9.17, 15) is 18.0 Å². The van der Waals surface area contributed by atoms with Gasteiger partial charge in [0.05, 0.1) is 11.5 Å². The van der Waals surface area contributed by atoms with E-state index in [1.807, 2.05) is 0 Å². The van der Waals surface area contributed by atoms with E-state index < -0.39 is 17.7 Å². The summed E-state index contributed by atoms with van der Waals surface area (Å²) in [5.41, 5.74) is -0.257. The lowest BCUT2D eigenvalue weighted by Crippen LogP contribution is -2.23. The first-order valence-corrected chi connectivity index (χ1v) is 10.9. The average Bonchev–Trinajstić information content (AvgIpc) is 3.32. The highest BCUT2D eigenvalue weighted by Gasteiger charge is 2.35. The normalized spacial score (nSPS) is 16.4. The van der Waals surface area contributed by atoms with Crippen LogP contribution in [0.25, 0.3) is 0 Å². The Balaban J connectivity index is 1.92. The van der Waals surface area contributed by atoms with Gasteiger partial charge in [0.15, 0.2) is 5.13 Å². The number of rotatable bonds is 6. The molecule has 0 aliphatic heterocycles. The van der Waals surface area contributed by atoms with Crippen LogP contribution in [0.5, 0.6) is 0 Å². The molecule has 0 spiro atoms. The monoisotopic (exact) mass is 414 g/mol. The number of amides is 1. The lowest BCUT2D eigenvalue weighted by Gasteiger charge is -2.22. The molecule has 146 valence electrons. The van der Waals surface area contributed by atoms with Crippen LogP contribution < -0.4 is 5.32 Å². The number of anilines is 1. The Labute approximate surface area is 164 Å². The van der Waals surface area contributed by atoms with Gasteiger partial charge in [-0.05, 0) is 36.3 Å². The van der Waals surface area contributed by atoms with Crippen molar-refractivity contribution in [1.29, 1.82) is 0 Å². The number of thioether (sulfide) groups is 1.